The number of phenols is 1. The average Bonchev–Trinajstić information content (AvgIpc) is 3.15. The van der Waals surface area contributed by atoms with Crippen molar-refractivity contribution in [3.05, 3.63) is 63.9 Å². The number of aromatic nitrogens is 1. The highest BCUT2D eigenvalue weighted by atomic mass is 16.7. The summed E-state index contributed by atoms with van der Waals surface area (Å²) in [5, 5.41) is 11.4. The van der Waals surface area contributed by atoms with Crippen LogP contribution in [-0.2, 0) is 16.6 Å². The third-order valence-corrected chi connectivity index (χ3v) is 5.03. The number of para-hydroxylation sites is 1. The highest BCUT2D eigenvalue weighted by molar-refractivity contribution is 5.80. The van der Waals surface area contributed by atoms with E-state index < -0.39 is 11.9 Å². The fourth-order valence-electron chi connectivity index (χ4n) is 3.56. The number of carbonyl (C=O) groups is 1. The van der Waals surface area contributed by atoms with Gasteiger partial charge in [-0.05, 0) is 23.6 Å². The molecule has 144 valence electrons. The first-order valence-electron chi connectivity index (χ1n) is 8.77. The van der Waals surface area contributed by atoms with Crippen molar-refractivity contribution in [2.45, 2.75) is 12.3 Å². The van der Waals surface area contributed by atoms with Crippen molar-refractivity contribution in [3.63, 3.8) is 0 Å². The number of pyridine rings is 1. The molecule has 0 fully saturated rings. The Morgan fingerprint density at radius 3 is 2.64 bits per heavy atom. The highest BCUT2D eigenvalue weighted by Gasteiger charge is 2.28. The molecule has 0 aliphatic carbocycles. The maximum atomic E-state index is 13.1. The summed E-state index contributed by atoms with van der Waals surface area (Å²) >= 11 is 0. The highest BCUT2D eigenvalue weighted by Crippen LogP contribution is 2.42. The molecule has 1 N–H and O–H groups in total. The van der Waals surface area contributed by atoms with Gasteiger partial charge in [-0.2, -0.15) is 0 Å². The van der Waals surface area contributed by atoms with Gasteiger partial charge in [0.1, 0.15) is 5.75 Å². The number of rotatable bonds is 4. The summed E-state index contributed by atoms with van der Waals surface area (Å²) in [6.45, 7) is 0.0532. The number of hydrogen-bond acceptors (Lipinski definition) is 6. The van der Waals surface area contributed by atoms with Crippen LogP contribution in [0.25, 0.3) is 10.9 Å². The molecule has 0 bridgehead atoms. The van der Waals surface area contributed by atoms with Crippen LogP contribution in [0.2, 0.25) is 0 Å². The first-order valence-corrected chi connectivity index (χ1v) is 8.77. The molecular formula is C21H19NO6. The minimum atomic E-state index is -0.703. The molecule has 1 aromatic heterocycles. The number of phenolic OH excluding ortho intramolecular Hbond substituents is 1. The topological polar surface area (TPSA) is 87.0 Å². The lowest BCUT2D eigenvalue weighted by atomic mass is 9.87. The summed E-state index contributed by atoms with van der Waals surface area (Å²) in [4.78, 5) is 25.2. The van der Waals surface area contributed by atoms with Crippen LogP contribution in [0.15, 0.2) is 47.3 Å². The van der Waals surface area contributed by atoms with E-state index in [-0.39, 0.29) is 24.5 Å². The van der Waals surface area contributed by atoms with Gasteiger partial charge in [-0.1, -0.05) is 18.2 Å². The van der Waals surface area contributed by atoms with Gasteiger partial charge in [0.2, 0.25) is 6.79 Å². The average molecular weight is 381 g/mol. The van der Waals surface area contributed by atoms with E-state index in [2.05, 4.69) is 0 Å². The van der Waals surface area contributed by atoms with Crippen molar-refractivity contribution in [3.8, 4) is 17.2 Å². The largest absolute Gasteiger partial charge is 0.508 e. The number of methoxy groups -OCH3 is 1. The van der Waals surface area contributed by atoms with Crippen LogP contribution in [0.5, 0.6) is 17.2 Å². The molecule has 0 amide bonds. The second-order valence-corrected chi connectivity index (χ2v) is 6.62. The number of fused-ring (bicyclic) bond motifs is 2. The van der Waals surface area contributed by atoms with Gasteiger partial charge in [-0.15, -0.1) is 0 Å². The van der Waals surface area contributed by atoms with Crippen LogP contribution in [0, 0.1) is 0 Å². The molecular weight excluding hydrogens is 362 g/mol. The zero-order valence-electron chi connectivity index (χ0n) is 15.5. The first-order chi connectivity index (χ1) is 13.5. The molecule has 7 nitrogen and oxygen atoms in total. The Balaban J connectivity index is 1.93. The van der Waals surface area contributed by atoms with Gasteiger partial charge in [0.15, 0.2) is 11.5 Å². The number of aromatic hydroxyl groups is 1. The number of aryl methyl sites for hydroxylation is 1. The molecule has 1 aliphatic rings. The minimum Gasteiger partial charge on any atom is -0.508 e. The number of esters is 1. The lowest BCUT2D eigenvalue weighted by molar-refractivity contribution is -0.140. The molecule has 3 aromatic rings. The van der Waals surface area contributed by atoms with Crippen molar-refractivity contribution in [2.75, 3.05) is 13.9 Å². The van der Waals surface area contributed by atoms with E-state index in [9.17, 15) is 14.7 Å². The van der Waals surface area contributed by atoms with E-state index >= 15 is 0 Å². The van der Waals surface area contributed by atoms with Crippen molar-refractivity contribution in [1.29, 1.82) is 0 Å². The van der Waals surface area contributed by atoms with Gasteiger partial charge >= 0.3 is 5.97 Å². The molecule has 0 saturated carbocycles. The third kappa shape index (κ3) is 2.94. The van der Waals surface area contributed by atoms with Gasteiger partial charge in [-0.3, -0.25) is 9.59 Å². The SMILES string of the molecule is COC(=O)C[C@H](c1cc2c(cc1O)OCO2)c1cc2ccccc2n(C)c1=O. The van der Waals surface area contributed by atoms with Gasteiger partial charge in [0.25, 0.3) is 5.56 Å². The van der Waals surface area contributed by atoms with Crippen LogP contribution < -0.4 is 15.0 Å². The Labute approximate surface area is 160 Å². The maximum absolute atomic E-state index is 13.1. The fraction of sp³-hybridized carbons (Fsp3) is 0.238. The summed E-state index contributed by atoms with van der Waals surface area (Å²) in [5.41, 5.74) is 1.33. The smallest absolute Gasteiger partial charge is 0.306 e. The molecule has 1 aliphatic heterocycles. The lowest BCUT2D eigenvalue weighted by Gasteiger charge is -2.19. The Bertz CT molecular complexity index is 1130. The third-order valence-electron chi connectivity index (χ3n) is 5.03. The van der Waals surface area contributed by atoms with Crippen LogP contribution >= 0.6 is 0 Å². The molecule has 1 atom stereocenters. The number of ether oxygens (including phenoxy) is 3. The van der Waals surface area contributed by atoms with E-state index in [0.29, 0.717) is 22.6 Å². The van der Waals surface area contributed by atoms with Crippen LogP contribution in [0.1, 0.15) is 23.5 Å². The second kappa shape index (κ2) is 6.92. The number of nitrogens with zero attached hydrogens (tertiary/aromatic N) is 1. The summed E-state index contributed by atoms with van der Waals surface area (Å²) in [5.74, 6) is -0.388. The zero-order valence-corrected chi connectivity index (χ0v) is 15.5. The number of hydrogen-bond donors (Lipinski definition) is 1. The van der Waals surface area contributed by atoms with Crippen LogP contribution in [-0.4, -0.2) is 29.5 Å². The fourth-order valence-corrected chi connectivity index (χ4v) is 3.56. The number of carbonyl (C=O) groups excluding carboxylic acids is 1. The lowest BCUT2D eigenvalue weighted by Crippen LogP contribution is -2.25. The van der Waals surface area contributed by atoms with Crippen LogP contribution in [0.4, 0.5) is 0 Å². The van der Waals surface area contributed by atoms with Crippen molar-refractivity contribution < 1.29 is 24.1 Å². The number of benzene rings is 2. The van der Waals surface area contributed by atoms with E-state index in [1.165, 1.54) is 13.2 Å². The Hall–Kier alpha value is -3.48. The molecule has 28 heavy (non-hydrogen) atoms. The summed E-state index contributed by atoms with van der Waals surface area (Å²) < 4.78 is 17.1. The molecule has 0 spiro atoms. The van der Waals surface area contributed by atoms with Gasteiger partial charge < -0.3 is 23.9 Å². The normalized spacial score (nSPS) is 13.5. The van der Waals surface area contributed by atoms with E-state index in [0.717, 1.165) is 10.9 Å². The van der Waals surface area contributed by atoms with E-state index in [1.807, 2.05) is 24.3 Å². The standard InChI is InChI=1S/C21H19NO6/c1-22-16-6-4-3-5-12(16)7-15(21(22)25)13(9-20(24)26-2)14-8-18-19(10-17(14)23)28-11-27-18/h3-8,10,13,23H,9,11H2,1-2H3/t13-/m1/s1. The van der Waals surface area contributed by atoms with Crippen molar-refractivity contribution in [2.24, 2.45) is 7.05 Å². The van der Waals surface area contributed by atoms with Crippen molar-refractivity contribution >= 4 is 16.9 Å². The second-order valence-electron chi connectivity index (χ2n) is 6.62. The molecule has 2 heterocycles. The van der Waals surface area contributed by atoms with E-state index in [1.54, 1.807) is 23.7 Å². The predicted octanol–water partition coefficient (Wildman–Crippen LogP) is 2.67. The summed E-state index contributed by atoms with van der Waals surface area (Å²) in [6.07, 6.45) is -0.0999. The Morgan fingerprint density at radius 2 is 1.89 bits per heavy atom. The van der Waals surface area contributed by atoms with Crippen molar-refractivity contribution in [1.82, 2.24) is 4.57 Å². The summed E-state index contributed by atoms with van der Waals surface area (Å²) in [7, 11) is 2.97. The molecule has 4 rings (SSSR count). The summed E-state index contributed by atoms with van der Waals surface area (Å²) in [6, 6.07) is 12.3. The molecule has 0 radical (unpaired) electrons. The van der Waals surface area contributed by atoms with E-state index in [4.69, 9.17) is 14.2 Å². The van der Waals surface area contributed by atoms with Gasteiger partial charge in [0, 0.05) is 30.2 Å². The minimum absolute atomic E-state index is 0.0532. The maximum Gasteiger partial charge on any atom is 0.306 e. The Kier molecular flexibility index (Phi) is 4.43. The predicted molar refractivity (Wildman–Crippen MR) is 102 cm³/mol. The molecule has 7 heteroatoms. The Morgan fingerprint density at radius 1 is 1.18 bits per heavy atom. The quantitative estimate of drug-likeness (QED) is 0.699. The molecule has 2 aromatic carbocycles. The zero-order chi connectivity index (χ0) is 19.8. The molecule has 0 unspecified atom stereocenters. The molecule has 0 saturated heterocycles. The van der Waals surface area contributed by atoms with Crippen LogP contribution in [0.3, 0.4) is 0 Å². The van der Waals surface area contributed by atoms with Gasteiger partial charge in [-0.25, -0.2) is 0 Å². The monoisotopic (exact) mass is 381 g/mol. The first kappa shape index (κ1) is 17.9. The van der Waals surface area contributed by atoms with Gasteiger partial charge in [0.05, 0.1) is 19.0 Å².